The van der Waals surface area contributed by atoms with Gasteiger partial charge in [0.1, 0.15) is 0 Å². The van der Waals surface area contributed by atoms with E-state index in [4.69, 9.17) is 9.47 Å². The van der Waals surface area contributed by atoms with E-state index in [0.29, 0.717) is 44.1 Å². The van der Waals surface area contributed by atoms with E-state index in [9.17, 15) is 9.59 Å². The highest BCUT2D eigenvalue weighted by Gasteiger charge is 2.30. The smallest absolute Gasteiger partial charge is 0.228 e. The molecule has 2 rings (SSSR count). The van der Waals surface area contributed by atoms with Gasteiger partial charge >= 0.3 is 0 Å². The lowest BCUT2D eigenvalue weighted by atomic mass is 9.94. The first-order valence-corrected chi connectivity index (χ1v) is 8.96. The van der Waals surface area contributed by atoms with Crippen LogP contribution >= 0.6 is 0 Å². The van der Waals surface area contributed by atoms with Gasteiger partial charge in [0.2, 0.25) is 11.8 Å². The number of carbonyl (C=O) groups excluding carboxylic acids is 2. The molecule has 1 aliphatic heterocycles. The maximum atomic E-state index is 12.7. The number of benzene rings is 1. The van der Waals surface area contributed by atoms with Crippen LogP contribution in [0.15, 0.2) is 12.1 Å². The molecule has 6 nitrogen and oxygen atoms in total. The van der Waals surface area contributed by atoms with Crippen LogP contribution in [0.2, 0.25) is 0 Å². The predicted octanol–water partition coefficient (Wildman–Crippen LogP) is 2.27. The van der Waals surface area contributed by atoms with Crippen LogP contribution in [0.25, 0.3) is 0 Å². The molecule has 0 bridgehead atoms. The summed E-state index contributed by atoms with van der Waals surface area (Å²) in [6.07, 6.45) is 0.319. The first-order valence-electron chi connectivity index (χ1n) is 8.96. The summed E-state index contributed by atoms with van der Waals surface area (Å²) in [4.78, 5) is 28.7. The molecule has 1 aromatic carbocycles. The van der Waals surface area contributed by atoms with Crippen molar-refractivity contribution in [1.82, 2.24) is 9.80 Å². The van der Waals surface area contributed by atoms with Gasteiger partial charge in [-0.15, -0.1) is 0 Å². The summed E-state index contributed by atoms with van der Waals surface area (Å²) in [6.45, 7) is 10.1. The van der Waals surface area contributed by atoms with E-state index in [2.05, 4.69) is 0 Å². The van der Waals surface area contributed by atoms with Crippen LogP contribution in [-0.2, 0) is 16.0 Å². The standard InChI is InChI=1S/C20H30N2O4/c1-14-11-16(25-5)17(26-6)12-15(14)13-18(23)21-7-9-22(10-8-21)19(24)20(2,3)4/h11-12H,7-10,13H2,1-6H3. The number of hydrogen-bond acceptors (Lipinski definition) is 4. The minimum Gasteiger partial charge on any atom is -0.493 e. The van der Waals surface area contributed by atoms with Gasteiger partial charge in [0.15, 0.2) is 11.5 Å². The van der Waals surface area contributed by atoms with Crippen molar-refractivity contribution in [2.45, 2.75) is 34.1 Å². The van der Waals surface area contributed by atoms with Crippen molar-refractivity contribution in [2.24, 2.45) is 5.41 Å². The van der Waals surface area contributed by atoms with Crippen molar-refractivity contribution in [3.63, 3.8) is 0 Å². The monoisotopic (exact) mass is 362 g/mol. The third-order valence-corrected chi connectivity index (χ3v) is 4.74. The molecule has 2 amide bonds. The molecule has 0 aliphatic carbocycles. The SMILES string of the molecule is COc1cc(C)c(CC(=O)N2CCN(C(=O)C(C)(C)C)CC2)cc1OC. The Labute approximate surface area is 156 Å². The second-order valence-electron chi connectivity index (χ2n) is 7.73. The van der Waals surface area contributed by atoms with Gasteiger partial charge in [-0.1, -0.05) is 20.8 Å². The Morgan fingerprint density at radius 2 is 1.46 bits per heavy atom. The lowest BCUT2D eigenvalue weighted by molar-refractivity contribution is -0.144. The molecule has 1 aromatic rings. The molecule has 0 atom stereocenters. The molecule has 6 heteroatoms. The Morgan fingerprint density at radius 3 is 1.96 bits per heavy atom. The third-order valence-electron chi connectivity index (χ3n) is 4.74. The first-order chi connectivity index (χ1) is 12.2. The summed E-state index contributed by atoms with van der Waals surface area (Å²) >= 11 is 0. The van der Waals surface area contributed by atoms with Gasteiger partial charge < -0.3 is 19.3 Å². The molecule has 0 radical (unpaired) electrons. The van der Waals surface area contributed by atoms with Gasteiger partial charge in [0.05, 0.1) is 20.6 Å². The molecule has 0 aromatic heterocycles. The predicted molar refractivity (Wildman–Crippen MR) is 101 cm³/mol. The zero-order valence-corrected chi connectivity index (χ0v) is 16.7. The van der Waals surface area contributed by atoms with Crippen molar-refractivity contribution >= 4 is 11.8 Å². The average molecular weight is 362 g/mol. The van der Waals surface area contributed by atoms with Gasteiger partial charge in [-0.05, 0) is 30.2 Å². The molecule has 0 spiro atoms. The van der Waals surface area contributed by atoms with E-state index in [1.54, 1.807) is 14.2 Å². The fourth-order valence-electron chi connectivity index (χ4n) is 3.12. The molecule has 1 fully saturated rings. The van der Waals surface area contributed by atoms with E-state index in [1.165, 1.54) is 0 Å². The minimum atomic E-state index is -0.386. The van der Waals surface area contributed by atoms with Crippen molar-refractivity contribution in [1.29, 1.82) is 0 Å². The van der Waals surface area contributed by atoms with Crippen molar-refractivity contribution < 1.29 is 19.1 Å². The number of nitrogens with zero attached hydrogens (tertiary/aromatic N) is 2. The molecule has 0 N–H and O–H groups in total. The fourth-order valence-corrected chi connectivity index (χ4v) is 3.12. The molecular formula is C20H30N2O4. The van der Waals surface area contributed by atoms with Gasteiger partial charge in [-0.25, -0.2) is 0 Å². The Morgan fingerprint density at radius 1 is 0.962 bits per heavy atom. The molecule has 1 heterocycles. The summed E-state index contributed by atoms with van der Waals surface area (Å²) in [5.41, 5.74) is 1.54. The number of methoxy groups -OCH3 is 2. The summed E-state index contributed by atoms with van der Waals surface area (Å²) in [5.74, 6) is 1.50. The van der Waals surface area contributed by atoms with Gasteiger partial charge in [0.25, 0.3) is 0 Å². The number of aryl methyl sites for hydroxylation is 1. The maximum absolute atomic E-state index is 12.7. The van der Waals surface area contributed by atoms with E-state index in [1.807, 2.05) is 49.6 Å². The Balaban J connectivity index is 2.01. The average Bonchev–Trinajstić information content (AvgIpc) is 2.61. The summed E-state index contributed by atoms with van der Waals surface area (Å²) in [6, 6.07) is 3.76. The Kier molecular flexibility index (Phi) is 6.16. The normalized spacial score (nSPS) is 15.0. The number of amides is 2. The zero-order valence-electron chi connectivity index (χ0n) is 16.7. The van der Waals surface area contributed by atoms with Gasteiger partial charge in [-0.3, -0.25) is 9.59 Å². The maximum Gasteiger partial charge on any atom is 0.228 e. The fraction of sp³-hybridized carbons (Fsp3) is 0.600. The Bertz CT molecular complexity index is 671. The van der Waals surface area contributed by atoms with Crippen molar-refractivity contribution in [3.8, 4) is 11.5 Å². The highest BCUT2D eigenvalue weighted by atomic mass is 16.5. The highest BCUT2D eigenvalue weighted by Crippen LogP contribution is 2.30. The number of rotatable bonds is 4. The molecule has 1 aliphatic rings. The van der Waals surface area contributed by atoms with Crippen molar-refractivity contribution in [2.75, 3.05) is 40.4 Å². The topological polar surface area (TPSA) is 59.1 Å². The van der Waals surface area contributed by atoms with Crippen LogP contribution in [-0.4, -0.2) is 62.0 Å². The Hall–Kier alpha value is -2.24. The van der Waals surface area contributed by atoms with Crippen LogP contribution in [0.1, 0.15) is 31.9 Å². The van der Waals surface area contributed by atoms with Crippen molar-refractivity contribution in [3.05, 3.63) is 23.3 Å². The van der Waals surface area contributed by atoms with Crippen LogP contribution in [0.3, 0.4) is 0 Å². The largest absolute Gasteiger partial charge is 0.493 e. The van der Waals surface area contributed by atoms with E-state index < -0.39 is 0 Å². The molecule has 26 heavy (non-hydrogen) atoms. The molecule has 0 unspecified atom stereocenters. The summed E-state index contributed by atoms with van der Waals surface area (Å²) in [7, 11) is 3.19. The van der Waals surface area contributed by atoms with Crippen LogP contribution in [0, 0.1) is 12.3 Å². The number of hydrogen-bond donors (Lipinski definition) is 0. The quantitative estimate of drug-likeness (QED) is 0.824. The first kappa shape index (κ1) is 20.1. The second-order valence-corrected chi connectivity index (χ2v) is 7.73. The molecule has 144 valence electrons. The van der Waals surface area contributed by atoms with Crippen LogP contribution in [0.4, 0.5) is 0 Å². The van der Waals surface area contributed by atoms with Gasteiger partial charge in [0, 0.05) is 31.6 Å². The number of carbonyl (C=O) groups is 2. The lowest BCUT2D eigenvalue weighted by Gasteiger charge is -2.37. The number of piperazine rings is 1. The molecule has 1 saturated heterocycles. The van der Waals surface area contributed by atoms with Crippen LogP contribution < -0.4 is 9.47 Å². The zero-order chi connectivity index (χ0) is 19.5. The molecule has 0 saturated carbocycles. The second kappa shape index (κ2) is 7.98. The highest BCUT2D eigenvalue weighted by molar-refractivity contribution is 5.83. The van der Waals surface area contributed by atoms with E-state index in [0.717, 1.165) is 11.1 Å². The third kappa shape index (κ3) is 4.48. The number of ether oxygens (including phenoxy) is 2. The van der Waals surface area contributed by atoms with Crippen LogP contribution in [0.5, 0.6) is 11.5 Å². The summed E-state index contributed by atoms with van der Waals surface area (Å²) < 4.78 is 10.6. The summed E-state index contributed by atoms with van der Waals surface area (Å²) in [5, 5.41) is 0. The van der Waals surface area contributed by atoms with E-state index >= 15 is 0 Å². The molecular weight excluding hydrogens is 332 g/mol. The lowest BCUT2D eigenvalue weighted by Crippen LogP contribution is -2.53. The van der Waals surface area contributed by atoms with E-state index in [-0.39, 0.29) is 17.2 Å². The minimum absolute atomic E-state index is 0.0724. The van der Waals surface area contributed by atoms with Gasteiger partial charge in [-0.2, -0.15) is 0 Å².